The van der Waals surface area contributed by atoms with E-state index >= 15 is 0 Å². The molecule has 0 spiro atoms. The fourth-order valence-electron chi connectivity index (χ4n) is 5.50. The predicted molar refractivity (Wildman–Crippen MR) is 136 cm³/mol. The summed E-state index contributed by atoms with van der Waals surface area (Å²) >= 11 is -2.44. The van der Waals surface area contributed by atoms with Crippen LogP contribution in [0, 0.1) is 0 Å². The standard InChI is InChI=1S/C12H11Si.2C9H7.2ClH.Hf/c1-3-7-11(8-4-1)13-12-9-5-2-6-10-12;2*1-2-5-9-7-3-6-8(9)4-1;;;/h1-10,13H;2*1-7H;2*1H;/q;;;;;+2/p-2. The van der Waals surface area contributed by atoms with Crippen molar-refractivity contribution in [1.82, 2.24) is 0 Å². The molecule has 4 aromatic carbocycles. The summed E-state index contributed by atoms with van der Waals surface area (Å²) in [7, 11) is 0. The number of hydrogen-bond acceptors (Lipinski definition) is 0. The maximum absolute atomic E-state index is 2.58. The SMILES string of the molecule is C1=C[CH]([Hf+2]([CH]2C=Cc3ccccc32)[SiH](c2ccccc2)c2ccccc2)c2ccccc21.[Cl-].[Cl-]. The van der Waals surface area contributed by atoms with E-state index in [4.69, 9.17) is 0 Å². The third kappa shape index (κ3) is 4.62. The average molecular weight is 663 g/mol. The molecule has 0 fully saturated rings. The van der Waals surface area contributed by atoms with Gasteiger partial charge in [0.1, 0.15) is 0 Å². The molecule has 0 radical (unpaired) electrons. The second-order valence-corrected chi connectivity index (χ2v) is 30.6. The van der Waals surface area contributed by atoms with Gasteiger partial charge in [-0.05, 0) is 0 Å². The molecule has 2 aliphatic rings. The van der Waals surface area contributed by atoms with Crippen LogP contribution >= 0.6 is 0 Å². The van der Waals surface area contributed by atoms with E-state index in [-0.39, 0.29) is 24.8 Å². The Morgan fingerprint density at radius 2 is 0.853 bits per heavy atom. The van der Waals surface area contributed by atoms with Crippen LogP contribution in [-0.4, -0.2) is 5.98 Å². The van der Waals surface area contributed by atoms with Crippen molar-refractivity contribution < 1.29 is 45.4 Å². The summed E-state index contributed by atoms with van der Waals surface area (Å²) in [4.78, 5) is 0. The minimum absolute atomic E-state index is 0. The summed E-state index contributed by atoms with van der Waals surface area (Å²) in [6, 6.07) is 41.3. The first-order chi connectivity index (χ1) is 15.9. The molecule has 0 nitrogen and oxygen atoms in total. The Kier molecular flexibility index (Phi) is 8.26. The molecule has 2 aliphatic carbocycles. The summed E-state index contributed by atoms with van der Waals surface area (Å²) in [6.07, 6.45) is 9.95. The van der Waals surface area contributed by atoms with Gasteiger partial charge in [-0.15, -0.1) is 0 Å². The zero-order valence-corrected chi connectivity index (χ0v) is 24.9. The fraction of sp³-hybridized carbons (Fsp3) is 0.0667. The number of fused-ring (bicyclic) bond motifs is 2. The summed E-state index contributed by atoms with van der Waals surface area (Å²) in [6.45, 7) is 0. The Hall–Kier alpha value is -1.97. The van der Waals surface area contributed by atoms with E-state index in [9.17, 15) is 0 Å². The number of hydrogen-bond donors (Lipinski definition) is 0. The Bertz CT molecular complexity index is 1200. The van der Waals surface area contributed by atoms with Gasteiger partial charge in [0.25, 0.3) is 0 Å². The molecule has 4 aromatic rings. The number of rotatable bonds is 5. The van der Waals surface area contributed by atoms with Gasteiger partial charge < -0.3 is 24.8 Å². The van der Waals surface area contributed by atoms with E-state index in [1.54, 1.807) is 21.5 Å². The van der Waals surface area contributed by atoms with Crippen LogP contribution in [0.5, 0.6) is 0 Å². The molecular weight excluding hydrogens is 638 g/mol. The Morgan fingerprint density at radius 3 is 1.29 bits per heavy atom. The van der Waals surface area contributed by atoms with Gasteiger partial charge in [0.15, 0.2) is 0 Å². The third-order valence-electron chi connectivity index (χ3n) is 6.92. The summed E-state index contributed by atoms with van der Waals surface area (Å²) in [5.41, 5.74) is 6.03. The predicted octanol–water partition coefficient (Wildman–Crippen LogP) is -0.313. The van der Waals surface area contributed by atoms with Crippen LogP contribution in [0.4, 0.5) is 0 Å². The van der Waals surface area contributed by atoms with E-state index in [1.165, 1.54) is 11.1 Å². The van der Waals surface area contributed by atoms with Gasteiger partial charge in [0.2, 0.25) is 0 Å². The first-order valence-corrected chi connectivity index (χ1v) is 23.5. The molecule has 4 heteroatoms. The second-order valence-electron chi connectivity index (χ2n) is 8.69. The van der Waals surface area contributed by atoms with Crippen molar-refractivity contribution in [3.8, 4) is 0 Å². The van der Waals surface area contributed by atoms with Crippen LogP contribution in [-0.2, 0) is 20.6 Å². The second kappa shape index (κ2) is 11.2. The van der Waals surface area contributed by atoms with Crippen LogP contribution in [0.2, 0.25) is 0 Å². The van der Waals surface area contributed by atoms with Crippen molar-refractivity contribution in [3.05, 3.63) is 144 Å². The van der Waals surface area contributed by atoms with Gasteiger partial charge in [-0.25, -0.2) is 0 Å². The Balaban J connectivity index is 0.00000137. The first-order valence-electron chi connectivity index (χ1n) is 11.4. The molecule has 0 heterocycles. The van der Waals surface area contributed by atoms with E-state index in [0.29, 0.717) is 7.35 Å². The maximum atomic E-state index is 2.58. The van der Waals surface area contributed by atoms with Crippen LogP contribution in [0.1, 0.15) is 29.6 Å². The van der Waals surface area contributed by atoms with Crippen LogP contribution in [0.25, 0.3) is 12.2 Å². The van der Waals surface area contributed by atoms with Crippen molar-refractivity contribution in [2.45, 2.75) is 7.35 Å². The molecule has 0 saturated heterocycles. The summed E-state index contributed by atoms with van der Waals surface area (Å²) < 4.78 is 1.27. The molecule has 2 atom stereocenters. The molecule has 0 amide bonds. The minimum Gasteiger partial charge on any atom is -1.00 e. The Labute approximate surface area is 223 Å². The summed E-state index contributed by atoms with van der Waals surface area (Å²) in [5, 5.41) is 3.24. The van der Waals surface area contributed by atoms with Crippen molar-refractivity contribution >= 4 is 28.5 Å². The number of benzene rings is 4. The molecular formula is C30H25Cl2HfSi. The quantitative estimate of drug-likeness (QED) is 0.258. The monoisotopic (exact) mass is 663 g/mol. The van der Waals surface area contributed by atoms with Gasteiger partial charge in [-0.3, -0.25) is 0 Å². The molecule has 0 aromatic heterocycles. The van der Waals surface area contributed by atoms with Gasteiger partial charge in [0, 0.05) is 0 Å². The van der Waals surface area contributed by atoms with Crippen molar-refractivity contribution in [1.29, 1.82) is 0 Å². The number of allylic oxidation sites excluding steroid dienone is 2. The molecule has 167 valence electrons. The third-order valence-corrected chi connectivity index (χ3v) is 38.7. The van der Waals surface area contributed by atoms with E-state index in [0.717, 1.165) is 0 Å². The van der Waals surface area contributed by atoms with E-state index in [2.05, 4.69) is 133 Å². The zero-order valence-electron chi connectivity index (χ0n) is 18.7. The summed E-state index contributed by atoms with van der Waals surface area (Å²) in [5.74, 6) is -1.38. The molecule has 0 aliphatic heterocycles. The van der Waals surface area contributed by atoms with Crippen LogP contribution in [0.15, 0.2) is 121 Å². The molecule has 0 N–H and O–H groups in total. The van der Waals surface area contributed by atoms with Gasteiger partial charge >= 0.3 is 200 Å². The van der Waals surface area contributed by atoms with Crippen molar-refractivity contribution in [2.24, 2.45) is 0 Å². The minimum atomic E-state index is -2.44. The van der Waals surface area contributed by atoms with Gasteiger partial charge in [0.05, 0.1) is 0 Å². The molecule has 34 heavy (non-hydrogen) atoms. The van der Waals surface area contributed by atoms with Crippen molar-refractivity contribution in [3.63, 3.8) is 0 Å². The molecule has 0 saturated carbocycles. The maximum Gasteiger partial charge on any atom is -1.00 e. The largest absolute Gasteiger partial charge is 1.00 e. The smallest absolute Gasteiger partial charge is 1.00 e. The molecule has 6 rings (SSSR count). The molecule has 2 unspecified atom stereocenters. The van der Waals surface area contributed by atoms with Crippen molar-refractivity contribution in [2.75, 3.05) is 0 Å². The van der Waals surface area contributed by atoms with E-state index < -0.39 is 26.6 Å². The Morgan fingerprint density at radius 1 is 0.471 bits per heavy atom. The number of halogens is 2. The normalized spacial score (nSPS) is 17.0. The average Bonchev–Trinajstić information content (AvgIpc) is 3.48. The zero-order chi connectivity index (χ0) is 21.3. The first kappa shape index (κ1) is 25.1. The van der Waals surface area contributed by atoms with Gasteiger partial charge in [-0.1, -0.05) is 0 Å². The van der Waals surface area contributed by atoms with Crippen LogP contribution < -0.4 is 35.2 Å². The fourth-order valence-corrected chi connectivity index (χ4v) is 41.7. The molecule has 0 bridgehead atoms. The van der Waals surface area contributed by atoms with E-state index in [1.807, 2.05) is 0 Å². The van der Waals surface area contributed by atoms with Gasteiger partial charge in [-0.2, -0.15) is 0 Å². The van der Waals surface area contributed by atoms with Crippen LogP contribution in [0.3, 0.4) is 0 Å². The topological polar surface area (TPSA) is 0 Å².